The van der Waals surface area contributed by atoms with Crippen LogP contribution in [0.15, 0.2) is 18.2 Å². The maximum atomic E-state index is 9.08. The molecule has 1 aliphatic heterocycles. The lowest BCUT2D eigenvalue weighted by molar-refractivity contribution is 0.0532. The summed E-state index contributed by atoms with van der Waals surface area (Å²) in [5.41, 5.74) is 7.88. The van der Waals surface area contributed by atoms with Crippen LogP contribution >= 0.6 is 0 Å². The maximum absolute atomic E-state index is 9.08. The summed E-state index contributed by atoms with van der Waals surface area (Å²) in [7, 11) is 0. The van der Waals surface area contributed by atoms with E-state index in [0.29, 0.717) is 17.9 Å². The number of nitriles is 1. The van der Waals surface area contributed by atoms with Gasteiger partial charge in [0, 0.05) is 18.8 Å². The first kappa shape index (κ1) is 10.8. The largest absolute Gasteiger partial charge is 0.399 e. The van der Waals surface area contributed by atoms with Gasteiger partial charge in [-0.1, -0.05) is 0 Å². The van der Waals surface area contributed by atoms with Crippen molar-refractivity contribution in [3.63, 3.8) is 0 Å². The van der Waals surface area contributed by atoms with Gasteiger partial charge in [0.25, 0.3) is 0 Å². The predicted molar refractivity (Wildman–Crippen MR) is 63.2 cm³/mol. The third kappa shape index (κ3) is 2.10. The number of nitrogen functional groups attached to an aromatic ring is 1. The SMILES string of the molecule is CC1CN(c2ccc(N)cc2C#N)CCO1. The summed E-state index contributed by atoms with van der Waals surface area (Å²) in [6, 6.07) is 7.64. The monoisotopic (exact) mass is 217 g/mol. The zero-order chi connectivity index (χ0) is 11.5. The summed E-state index contributed by atoms with van der Waals surface area (Å²) < 4.78 is 5.48. The molecule has 1 unspecified atom stereocenters. The van der Waals surface area contributed by atoms with Crippen molar-refractivity contribution in [3.8, 4) is 6.07 Å². The Hall–Kier alpha value is -1.73. The van der Waals surface area contributed by atoms with Crippen molar-refractivity contribution < 1.29 is 4.74 Å². The Bertz CT molecular complexity index is 425. The topological polar surface area (TPSA) is 62.3 Å². The van der Waals surface area contributed by atoms with E-state index in [1.165, 1.54) is 0 Å². The van der Waals surface area contributed by atoms with E-state index in [1.54, 1.807) is 6.07 Å². The van der Waals surface area contributed by atoms with Crippen molar-refractivity contribution >= 4 is 11.4 Å². The second kappa shape index (κ2) is 4.42. The van der Waals surface area contributed by atoms with E-state index < -0.39 is 0 Å². The Morgan fingerprint density at radius 2 is 2.38 bits per heavy atom. The Labute approximate surface area is 95.2 Å². The van der Waals surface area contributed by atoms with E-state index in [0.717, 1.165) is 18.8 Å². The predicted octanol–water partition coefficient (Wildman–Crippen LogP) is 1.37. The smallest absolute Gasteiger partial charge is 0.101 e. The highest BCUT2D eigenvalue weighted by Gasteiger charge is 2.19. The van der Waals surface area contributed by atoms with Gasteiger partial charge in [0.15, 0.2) is 0 Å². The molecule has 0 spiro atoms. The van der Waals surface area contributed by atoms with Crippen LogP contribution in [0.25, 0.3) is 0 Å². The summed E-state index contributed by atoms with van der Waals surface area (Å²) in [4.78, 5) is 2.17. The molecule has 16 heavy (non-hydrogen) atoms. The molecular formula is C12H15N3O. The van der Waals surface area contributed by atoms with Gasteiger partial charge in [-0.3, -0.25) is 0 Å². The van der Waals surface area contributed by atoms with Crippen LogP contribution in [0.1, 0.15) is 12.5 Å². The van der Waals surface area contributed by atoms with Gasteiger partial charge in [-0.2, -0.15) is 5.26 Å². The van der Waals surface area contributed by atoms with Gasteiger partial charge in [0.05, 0.1) is 24.0 Å². The number of nitrogens with two attached hydrogens (primary N) is 1. The standard InChI is InChI=1S/C12H15N3O/c1-9-8-15(4-5-16-9)12-3-2-11(14)6-10(12)7-13/h2-3,6,9H,4-5,8,14H2,1H3. The number of anilines is 2. The lowest BCUT2D eigenvalue weighted by Crippen LogP contribution is -2.41. The van der Waals surface area contributed by atoms with E-state index >= 15 is 0 Å². The van der Waals surface area contributed by atoms with Crippen molar-refractivity contribution in [2.24, 2.45) is 0 Å². The minimum atomic E-state index is 0.206. The molecule has 0 bridgehead atoms. The number of benzene rings is 1. The van der Waals surface area contributed by atoms with Crippen LogP contribution in [0, 0.1) is 11.3 Å². The van der Waals surface area contributed by atoms with Crippen molar-refractivity contribution in [1.29, 1.82) is 5.26 Å². The van der Waals surface area contributed by atoms with Crippen LogP contribution in [0.5, 0.6) is 0 Å². The average Bonchev–Trinajstić information content (AvgIpc) is 2.28. The lowest BCUT2D eigenvalue weighted by atomic mass is 10.1. The highest BCUT2D eigenvalue weighted by atomic mass is 16.5. The van der Waals surface area contributed by atoms with Gasteiger partial charge in [-0.15, -0.1) is 0 Å². The summed E-state index contributed by atoms with van der Waals surface area (Å²) in [6.45, 7) is 4.38. The summed E-state index contributed by atoms with van der Waals surface area (Å²) in [6.07, 6.45) is 0.206. The second-order valence-corrected chi connectivity index (χ2v) is 4.02. The van der Waals surface area contributed by atoms with Gasteiger partial charge in [0.1, 0.15) is 6.07 Å². The van der Waals surface area contributed by atoms with Crippen LogP contribution in [0.2, 0.25) is 0 Å². The number of rotatable bonds is 1. The molecule has 1 aliphatic rings. The van der Waals surface area contributed by atoms with E-state index in [4.69, 9.17) is 15.7 Å². The molecule has 1 saturated heterocycles. The molecule has 2 N–H and O–H groups in total. The average molecular weight is 217 g/mol. The molecule has 1 aromatic carbocycles. The van der Waals surface area contributed by atoms with Gasteiger partial charge < -0.3 is 15.4 Å². The molecule has 2 rings (SSSR count). The molecule has 1 fully saturated rings. The quantitative estimate of drug-likeness (QED) is 0.721. The maximum Gasteiger partial charge on any atom is 0.101 e. The van der Waals surface area contributed by atoms with Gasteiger partial charge in [-0.05, 0) is 25.1 Å². The molecule has 1 aromatic rings. The van der Waals surface area contributed by atoms with E-state index in [-0.39, 0.29) is 6.10 Å². The van der Waals surface area contributed by atoms with Gasteiger partial charge in [0.2, 0.25) is 0 Å². The summed E-state index contributed by atoms with van der Waals surface area (Å²) in [5.74, 6) is 0. The highest BCUT2D eigenvalue weighted by Crippen LogP contribution is 2.24. The van der Waals surface area contributed by atoms with Crippen LogP contribution < -0.4 is 10.6 Å². The van der Waals surface area contributed by atoms with Crippen molar-refractivity contribution in [2.45, 2.75) is 13.0 Å². The van der Waals surface area contributed by atoms with E-state index in [1.807, 2.05) is 19.1 Å². The third-order valence-electron chi connectivity index (χ3n) is 2.72. The number of hydrogen-bond donors (Lipinski definition) is 1. The van der Waals surface area contributed by atoms with Gasteiger partial charge in [-0.25, -0.2) is 0 Å². The molecule has 4 heteroatoms. The van der Waals surface area contributed by atoms with Crippen molar-refractivity contribution in [1.82, 2.24) is 0 Å². The zero-order valence-corrected chi connectivity index (χ0v) is 9.31. The Morgan fingerprint density at radius 1 is 1.56 bits per heavy atom. The molecule has 0 amide bonds. The number of morpholine rings is 1. The molecule has 1 heterocycles. The molecule has 0 aromatic heterocycles. The minimum Gasteiger partial charge on any atom is -0.399 e. The fourth-order valence-electron chi connectivity index (χ4n) is 1.96. The number of hydrogen-bond acceptors (Lipinski definition) is 4. The molecule has 0 saturated carbocycles. The van der Waals surface area contributed by atoms with Crippen LogP contribution in [-0.2, 0) is 4.74 Å². The first-order chi connectivity index (χ1) is 7.70. The fourth-order valence-corrected chi connectivity index (χ4v) is 1.96. The first-order valence-corrected chi connectivity index (χ1v) is 5.37. The van der Waals surface area contributed by atoms with Gasteiger partial charge >= 0.3 is 0 Å². The molecular weight excluding hydrogens is 202 g/mol. The Balaban J connectivity index is 2.29. The molecule has 1 atom stereocenters. The minimum absolute atomic E-state index is 0.206. The third-order valence-corrected chi connectivity index (χ3v) is 2.72. The fraction of sp³-hybridized carbons (Fsp3) is 0.417. The molecule has 4 nitrogen and oxygen atoms in total. The lowest BCUT2D eigenvalue weighted by Gasteiger charge is -2.33. The normalized spacial score (nSPS) is 20.5. The zero-order valence-electron chi connectivity index (χ0n) is 9.31. The van der Waals surface area contributed by atoms with Crippen LogP contribution in [0.3, 0.4) is 0 Å². The van der Waals surface area contributed by atoms with E-state index in [2.05, 4.69) is 11.0 Å². The van der Waals surface area contributed by atoms with Crippen LogP contribution in [-0.4, -0.2) is 25.8 Å². The summed E-state index contributed by atoms with van der Waals surface area (Å²) >= 11 is 0. The molecule has 0 aliphatic carbocycles. The molecule has 84 valence electrons. The first-order valence-electron chi connectivity index (χ1n) is 5.37. The highest BCUT2D eigenvalue weighted by molar-refractivity contribution is 5.64. The number of ether oxygens (including phenoxy) is 1. The van der Waals surface area contributed by atoms with Crippen molar-refractivity contribution in [2.75, 3.05) is 30.3 Å². The Morgan fingerprint density at radius 3 is 3.06 bits per heavy atom. The number of nitrogens with zero attached hydrogens (tertiary/aromatic N) is 2. The van der Waals surface area contributed by atoms with Crippen LogP contribution in [0.4, 0.5) is 11.4 Å². The second-order valence-electron chi connectivity index (χ2n) is 4.02. The Kier molecular flexibility index (Phi) is 2.97. The van der Waals surface area contributed by atoms with Crippen molar-refractivity contribution in [3.05, 3.63) is 23.8 Å². The summed E-state index contributed by atoms with van der Waals surface area (Å²) in [5, 5.41) is 9.08. The molecule has 0 radical (unpaired) electrons. The van der Waals surface area contributed by atoms with E-state index in [9.17, 15) is 0 Å².